The van der Waals surface area contributed by atoms with Crippen molar-refractivity contribution in [1.82, 2.24) is 24.6 Å². The van der Waals surface area contributed by atoms with Crippen molar-refractivity contribution in [3.8, 4) is 0 Å². The molecule has 11 nitrogen and oxygen atoms in total. The molecule has 1 aliphatic heterocycles. The predicted molar refractivity (Wildman–Crippen MR) is 121 cm³/mol. The summed E-state index contributed by atoms with van der Waals surface area (Å²) in [6.07, 6.45) is -4.79. The van der Waals surface area contributed by atoms with Crippen LogP contribution in [0.4, 0.5) is 32.3 Å². The summed E-state index contributed by atoms with van der Waals surface area (Å²) >= 11 is 0. The Morgan fingerprint density at radius 3 is 2.10 bits per heavy atom. The molecule has 1 aliphatic rings. The van der Waals surface area contributed by atoms with Crippen LogP contribution in [0.1, 0.15) is 17.2 Å². The number of carboxylic acid groups (broad SMARTS) is 2. The molecule has 0 amide bonds. The monoisotopic (exact) mass is 566 g/mol. The minimum atomic E-state index is -5.08. The molecule has 0 saturated carbocycles. The van der Waals surface area contributed by atoms with E-state index in [1.807, 2.05) is 25.3 Å². The van der Waals surface area contributed by atoms with E-state index in [-0.39, 0.29) is 0 Å². The molecule has 0 fully saturated rings. The van der Waals surface area contributed by atoms with Gasteiger partial charge in [0.05, 0.1) is 12.2 Å². The molecule has 3 N–H and O–H groups in total. The number of fused-ring (bicyclic) bond motifs is 1. The highest BCUT2D eigenvalue weighted by Crippen LogP contribution is 2.19. The van der Waals surface area contributed by atoms with Crippen LogP contribution in [0.5, 0.6) is 0 Å². The van der Waals surface area contributed by atoms with Crippen molar-refractivity contribution < 1.29 is 50.6 Å². The first-order chi connectivity index (χ1) is 18.1. The van der Waals surface area contributed by atoms with Crippen LogP contribution in [0.15, 0.2) is 47.3 Å². The molecule has 1 atom stereocenters. The Kier molecular flexibility index (Phi) is 10.8. The summed E-state index contributed by atoms with van der Waals surface area (Å²) in [6, 6.07) is 7.99. The minimum Gasteiger partial charge on any atom is -0.475 e. The largest absolute Gasteiger partial charge is 0.490 e. The van der Waals surface area contributed by atoms with E-state index in [0.29, 0.717) is 11.9 Å². The SMILES string of the molecule is Cc1ccc(CN2Cc3ccnn3CC(CNc3ncccn3)C2)o1.O=C(O)C(F)(F)F.O=C(O)C(F)(F)F. The van der Waals surface area contributed by atoms with Crippen molar-refractivity contribution in [2.45, 2.75) is 38.9 Å². The van der Waals surface area contributed by atoms with E-state index in [1.165, 1.54) is 5.69 Å². The standard InChI is InChI=1S/C18H22N6O.2C2HF3O2/c1-14-3-4-17(25-14)13-23-10-15(9-21-18-19-6-2-7-20-18)11-24-16(12-23)5-8-22-24;2*3-2(4,5)1(6)7/h2-8,15H,9-13H2,1H3,(H,19,20,21);2*(H,6,7). The van der Waals surface area contributed by atoms with E-state index in [9.17, 15) is 26.3 Å². The van der Waals surface area contributed by atoms with E-state index in [4.69, 9.17) is 24.2 Å². The number of aromatic nitrogens is 4. The lowest BCUT2D eigenvalue weighted by Gasteiger charge is -2.23. The Morgan fingerprint density at radius 1 is 1.00 bits per heavy atom. The maximum Gasteiger partial charge on any atom is 0.490 e. The second kappa shape index (κ2) is 13.6. The zero-order valence-corrected chi connectivity index (χ0v) is 20.3. The van der Waals surface area contributed by atoms with Crippen LogP contribution in [0.2, 0.25) is 0 Å². The molecule has 0 radical (unpaired) electrons. The van der Waals surface area contributed by atoms with E-state index < -0.39 is 24.3 Å². The first-order valence-corrected chi connectivity index (χ1v) is 11.0. The third-order valence-corrected chi connectivity index (χ3v) is 4.91. The van der Waals surface area contributed by atoms with Gasteiger partial charge < -0.3 is 19.9 Å². The van der Waals surface area contributed by atoms with Crippen LogP contribution in [0, 0.1) is 12.8 Å². The summed E-state index contributed by atoms with van der Waals surface area (Å²) in [7, 11) is 0. The van der Waals surface area contributed by atoms with E-state index >= 15 is 0 Å². The fourth-order valence-electron chi connectivity index (χ4n) is 3.29. The second-order valence-electron chi connectivity index (χ2n) is 8.11. The third-order valence-electron chi connectivity index (χ3n) is 4.91. The van der Waals surface area contributed by atoms with Gasteiger partial charge in [-0.2, -0.15) is 31.4 Å². The molecule has 1 unspecified atom stereocenters. The van der Waals surface area contributed by atoms with Gasteiger partial charge in [-0.05, 0) is 31.2 Å². The van der Waals surface area contributed by atoms with Gasteiger partial charge in [0.15, 0.2) is 0 Å². The van der Waals surface area contributed by atoms with Gasteiger partial charge in [-0.1, -0.05) is 0 Å². The second-order valence-corrected chi connectivity index (χ2v) is 8.11. The van der Waals surface area contributed by atoms with E-state index in [0.717, 1.165) is 44.2 Å². The lowest BCUT2D eigenvalue weighted by Crippen LogP contribution is -2.31. The zero-order chi connectivity index (χ0) is 29.2. The summed E-state index contributed by atoms with van der Waals surface area (Å²) in [5.41, 5.74) is 1.24. The number of rotatable bonds is 5. The molecule has 0 aliphatic carbocycles. The first kappa shape index (κ1) is 31.1. The van der Waals surface area contributed by atoms with Gasteiger partial charge in [0, 0.05) is 50.7 Å². The quantitative estimate of drug-likeness (QED) is 0.392. The number of furan rings is 1. The van der Waals surface area contributed by atoms with Crippen LogP contribution in [-0.2, 0) is 29.2 Å². The van der Waals surface area contributed by atoms with E-state index in [1.54, 1.807) is 12.4 Å². The van der Waals surface area contributed by atoms with Gasteiger partial charge in [-0.3, -0.25) is 9.58 Å². The number of aryl methyl sites for hydroxylation is 1. The van der Waals surface area contributed by atoms with Crippen molar-refractivity contribution in [1.29, 1.82) is 0 Å². The maximum atomic E-state index is 10.6. The molecule has 17 heteroatoms. The van der Waals surface area contributed by atoms with Crippen LogP contribution in [0.25, 0.3) is 0 Å². The van der Waals surface area contributed by atoms with Crippen LogP contribution >= 0.6 is 0 Å². The van der Waals surface area contributed by atoms with Gasteiger partial charge in [0.25, 0.3) is 0 Å². The van der Waals surface area contributed by atoms with Crippen molar-refractivity contribution in [2.75, 3.05) is 18.4 Å². The van der Waals surface area contributed by atoms with Crippen LogP contribution in [-0.4, -0.2) is 72.2 Å². The molecule has 4 rings (SSSR count). The maximum absolute atomic E-state index is 10.6. The Hall–Kier alpha value is -4.15. The molecule has 214 valence electrons. The van der Waals surface area contributed by atoms with Gasteiger partial charge in [0.1, 0.15) is 11.5 Å². The highest BCUT2D eigenvalue weighted by Gasteiger charge is 2.38. The molecular formula is C22H24F6N6O5. The average Bonchev–Trinajstić information content (AvgIpc) is 3.41. The predicted octanol–water partition coefficient (Wildman–Crippen LogP) is 3.59. The number of hydrogen-bond donors (Lipinski definition) is 3. The van der Waals surface area contributed by atoms with Gasteiger partial charge >= 0.3 is 24.3 Å². The Morgan fingerprint density at radius 2 is 1.59 bits per heavy atom. The molecule has 0 spiro atoms. The molecule has 0 bridgehead atoms. The first-order valence-electron chi connectivity index (χ1n) is 11.0. The fourth-order valence-corrected chi connectivity index (χ4v) is 3.29. The number of anilines is 1. The molecular weight excluding hydrogens is 542 g/mol. The number of hydrogen-bond acceptors (Lipinski definition) is 8. The molecule has 39 heavy (non-hydrogen) atoms. The molecule has 4 heterocycles. The average molecular weight is 566 g/mol. The number of halogens is 6. The molecule has 0 aromatic carbocycles. The van der Waals surface area contributed by atoms with Gasteiger partial charge in [-0.25, -0.2) is 19.6 Å². The van der Waals surface area contributed by atoms with Crippen molar-refractivity contribution in [3.05, 3.63) is 60.1 Å². The summed E-state index contributed by atoms with van der Waals surface area (Å²) in [4.78, 5) is 28.7. The van der Waals surface area contributed by atoms with Crippen molar-refractivity contribution in [2.24, 2.45) is 5.92 Å². The zero-order valence-electron chi connectivity index (χ0n) is 20.3. The fraction of sp³-hybridized carbons (Fsp3) is 0.409. The summed E-state index contributed by atoms with van der Waals surface area (Å²) in [6.45, 7) is 6.30. The highest BCUT2D eigenvalue weighted by molar-refractivity contribution is 5.73. The summed E-state index contributed by atoms with van der Waals surface area (Å²) in [5.74, 6) is -2.49. The molecule has 0 saturated heterocycles. The minimum absolute atomic E-state index is 0.404. The van der Waals surface area contributed by atoms with E-state index in [2.05, 4.69) is 42.1 Å². The van der Waals surface area contributed by atoms with Gasteiger partial charge in [-0.15, -0.1) is 0 Å². The van der Waals surface area contributed by atoms with Crippen molar-refractivity contribution >= 4 is 17.9 Å². The summed E-state index contributed by atoms with van der Waals surface area (Å²) in [5, 5.41) is 22.1. The number of aliphatic carboxylic acids is 2. The lowest BCUT2D eigenvalue weighted by molar-refractivity contribution is -0.193. The number of alkyl halides is 6. The Labute approximate surface area is 217 Å². The number of nitrogens with one attached hydrogen (secondary N) is 1. The van der Waals surface area contributed by atoms with Crippen LogP contribution < -0.4 is 5.32 Å². The normalized spacial score (nSPS) is 15.5. The van der Waals surface area contributed by atoms with Crippen LogP contribution in [0.3, 0.4) is 0 Å². The Bertz CT molecular complexity index is 1170. The lowest BCUT2D eigenvalue weighted by atomic mass is 10.1. The third kappa shape index (κ3) is 11.0. The molecule has 3 aromatic heterocycles. The smallest absolute Gasteiger partial charge is 0.475 e. The Balaban J connectivity index is 0.000000317. The summed E-state index contributed by atoms with van der Waals surface area (Å²) < 4.78 is 71.3. The highest BCUT2D eigenvalue weighted by atomic mass is 19.4. The number of carbonyl (C=O) groups is 2. The number of carboxylic acids is 2. The number of nitrogens with zero attached hydrogens (tertiary/aromatic N) is 5. The molecule has 3 aromatic rings. The van der Waals surface area contributed by atoms with Crippen molar-refractivity contribution in [3.63, 3.8) is 0 Å². The van der Waals surface area contributed by atoms with Gasteiger partial charge in [0.2, 0.25) is 5.95 Å². The topological polar surface area (TPSA) is 147 Å².